The molecular weight excluding hydrogens is 393 g/mol. The van der Waals surface area contributed by atoms with E-state index in [1.165, 1.54) is 18.6 Å². The fourth-order valence-electron chi connectivity index (χ4n) is 3.19. The molecule has 2 heterocycles. The second-order valence-electron chi connectivity index (χ2n) is 6.99. The molecule has 0 spiro atoms. The minimum absolute atomic E-state index is 0.0338. The van der Waals surface area contributed by atoms with Crippen molar-refractivity contribution in [2.24, 2.45) is 5.41 Å². The molecule has 29 heavy (non-hydrogen) atoms. The number of rotatable bonds is 6. The standard InChI is InChI=1S/C18H19F3N4O4/c19-18(20,21)11-1-2-15(24-7-11)29-10-17(5-13(26)14(27)6-17)9-25-16(28)12-8-22-3-4-23-12/h1-4,7-8,13-14,26-27H,5-6,9-10H2,(H,25,28). The largest absolute Gasteiger partial charge is 0.477 e. The highest BCUT2D eigenvalue weighted by Gasteiger charge is 2.45. The molecular formula is C18H19F3N4O4. The zero-order valence-corrected chi connectivity index (χ0v) is 15.1. The summed E-state index contributed by atoms with van der Waals surface area (Å²) < 4.78 is 43.4. The normalized spacial score (nSPS) is 24.3. The molecule has 0 saturated heterocycles. The van der Waals surface area contributed by atoms with Gasteiger partial charge in [0.2, 0.25) is 5.88 Å². The van der Waals surface area contributed by atoms with E-state index in [1.807, 2.05) is 0 Å². The fraction of sp³-hybridized carbons (Fsp3) is 0.444. The van der Waals surface area contributed by atoms with Gasteiger partial charge in [-0.25, -0.2) is 9.97 Å². The minimum atomic E-state index is -4.50. The van der Waals surface area contributed by atoms with Gasteiger partial charge in [0.05, 0.1) is 30.6 Å². The third kappa shape index (κ3) is 5.18. The van der Waals surface area contributed by atoms with Crippen molar-refractivity contribution in [3.05, 3.63) is 48.2 Å². The van der Waals surface area contributed by atoms with Gasteiger partial charge in [-0.05, 0) is 18.9 Å². The maximum absolute atomic E-state index is 12.6. The van der Waals surface area contributed by atoms with Crippen molar-refractivity contribution in [2.75, 3.05) is 13.2 Å². The minimum Gasteiger partial charge on any atom is -0.477 e. The van der Waals surface area contributed by atoms with Crippen LogP contribution in [0.3, 0.4) is 0 Å². The number of amides is 1. The molecule has 0 aromatic carbocycles. The lowest BCUT2D eigenvalue weighted by Gasteiger charge is -2.29. The maximum Gasteiger partial charge on any atom is 0.417 e. The number of aliphatic hydroxyl groups excluding tert-OH is 2. The topological polar surface area (TPSA) is 117 Å². The number of carbonyl (C=O) groups is 1. The number of alkyl halides is 3. The van der Waals surface area contributed by atoms with Crippen LogP contribution in [-0.2, 0) is 6.18 Å². The van der Waals surface area contributed by atoms with Crippen molar-refractivity contribution in [1.82, 2.24) is 20.3 Å². The van der Waals surface area contributed by atoms with E-state index >= 15 is 0 Å². The van der Waals surface area contributed by atoms with E-state index in [0.717, 1.165) is 12.1 Å². The summed E-state index contributed by atoms with van der Waals surface area (Å²) in [7, 11) is 0. The van der Waals surface area contributed by atoms with Gasteiger partial charge < -0.3 is 20.3 Å². The van der Waals surface area contributed by atoms with Crippen LogP contribution in [0, 0.1) is 5.41 Å². The van der Waals surface area contributed by atoms with E-state index in [9.17, 15) is 28.2 Å². The summed E-state index contributed by atoms with van der Waals surface area (Å²) in [5.74, 6) is -0.519. The predicted octanol–water partition coefficient (Wildman–Crippen LogP) is 1.20. The SMILES string of the molecule is O=C(NCC1(COc2ccc(C(F)(F)F)cn2)CC(O)C(O)C1)c1cnccn1. The molecule has 1 amide bonds. The Morgan fingerprint density at radius 2 is 1.90 bits per heavy atom. The van der Waals surface area contributed by atoms with Gasteiger partial charge >= 0.3 is 6.18 Å². The van der Waals surface area contributed by atoms with Crippen LogP contribution in [0.5, 0.6) is 5.88 Å². The van der Waals surface area contributed by atoms with Gasteiger partial charge in [0.15, 0.2) is 0 Å². The maximum atomic E-state index is 12.6. The van der Waals surface area contributed by atoms with Crippen molar-refractivity contribution in [2.45, 2.75) is 31.2 Å². The molecule has 2 aromatic heterocycles. The summed E-state index contributed by atoms with van der Waals surface area (Å²) in [5, 5.41) is 22.6. The average Bonchev–Trinajstić information content (AvgIpc) is 2.99. The number of nitrogens with zero attached hydrogens (tertiary/aromatic N) is 3. The van der Waals surface area contributed by atoms with Gasteiger partial charge in [-0.3, -0.25) is 9.78 Å². The highest BCUT2D eigenvalue weighted by Crippen LogP contribution is 2.39. The zero-order chi connectivity index (χ0) is 21.1. The smallest absolute Gasteiger partial charge is 0.417 e. The number of hydrogen-bond acceptors (Lipinski definition) is 7. The molecule has 0 aliphatic heterocycles. The molecule has 1 aliphatic rings. The lowest BCUT2D eigenvalue weighted by Crippen LogP contribution is -2.41. The highest BCUT2D eigenvalue weighted by atomic mass is 19.4. The van der Waals surface area contributed by atoms with Crippen LogP contribution in [0.1, 0.15) is 28.9 Å². The summed E-state index contributed by atoms with van der Waals surface area (Å²) >= 11 is 0. The van der Waals surface area contributed by atoms with Crippen molar-refractivity contribution < 1.29 is 32.9 Å². The first-order valence-corrected chi connectivity index (χ1v) is 8.75. The summed E-state index contributed by atoms with van der Waals surface area (Å²) in [6.07, 6.45) is -1.50. The lowest BCUT2D eigenvalue weighted by molar-refractivity contribution is -0.137. The van der Waals surface area contributed by atoms with Crippen LogP contribution < -0.4 is 10.1 Å². The molecule has 0 radical (unpaired) electrons. The van der Waals surface area contributed by atoms with Crippen molar-refractivity contribution in [3.63, 3.8) is 0 Å². The van der Waals surface area contributed by atoms with Crippen LogP contribution >= 0.6 is 0 Å². The summed E-state index contributed by atoms with van der Waals surface area (Å²) in [6, 6.07) is 1.94. The molecule has 1 saturated carbocycles. The Morgan fingerprint density at radius 3 is 2.45 bits per heavy atom. The Balaban J connectivity index is 1.66. The Hall–Kier alpha value is -2.79. The molecule has 3 N–H and O–H groups in total. The van der Waals surface area contributed by atoms with Gasteiger partial charge in [-0.15, -0.1) is 0 Å². The molecule has 2 unspecified atom stereocenters. The number of carbonyl (C=O) groups excluding carboxylic acids is 1. The fourth-order valence-corrected chi connectivity index (χ4v) is 3.19. The summed E-state index contributed by atoms with van der Waals surface area (Å²) in [6.45, 7) is -0.0165. The van der Waals surface area contributed by atoms with Crippen molar-refractivity contribution in [1.29, 1.82) is 0 Å². The molecule has 2 atom stereocenters. The third-order valence-electron chi connectivity index (χ3n) is 4.74. The van der Waals surface area contributed by atoms with Crippen LogP contribution in [0.15, 0.2) is 36.9 Å². The first-order chi connectivity index (χ1) is 13.7. The third-order valence-corrected chi connectivity index (χ3v) is 4.74. The van der Waals surface area contributed by atoms with Gasteiger partial charge in [-0.1, -0.05) is 0 Å². The van der Waals surface area contributed by atoms with Gasteiger partial charge in [-0.2, -0.15) is 13.2 Å². The lowest BCUT2D eigenvalue weighted by atomic mass is 9.86. The first kappa shape index (κ1) is 20.9. The number of pyridine rings is 1. The molecule has 8 nitrogen and oxygen atoms in total. The van der Waals surface area contributed by atoms with Crippen LogP contribution in [0.25, 0.3) is 0 Å². The van der Waals surface area contributed by atoms with E-state index in [-0.39, 0.29) is 37.6 Å². The molecule has 156 valence electrons. The second-order valence-corrected chi connectivity index (χ2v) is 6.99. The van der Waals surface area contributed by atoms with Gasteiger partial charge in [0.25, 0.3) is 5.91 Å². The molecule has 3 rings (SSSR count). The van der Waals surface area contributed by atoms with Crippen molar-refractivity contribution in [3.8, 4) is 5.88 Å². The first-order valence-electron chi connectivity index (χ1n) is 8.75. The Bertz CT molecular complexity index is 823. The number of aliphatic hydroxyl groups is 2. The molecule has 0 bridgehead atoms. The summed E-state index contributed by atoms with van der Waals surface area (Å²) in [5.41, 5.74) is -1.63. The number of halogens is 3. The Morgan fingerprint density at radius 1 is 1.17 bits per heavy atom. The van der Waals surface area contributed by atoms with Gasteiger partial charge in [0, 0.05) is 36.6 Å². The van der Waals surface area contributed by atoms with E-state index in [1.54, 1.807) is 0 Å². The Labute approximate surface area is 163 Å². The highest BCUT2D eigenvalue weighted by molar-refractivity contribution is 5.91. The number of aromatic nitrogens is 3. The second kappa shape index (κ2) is 8.29. The quantitative estimate of drug-likeness (QED) is 0.653. The summed E-state index contributed by atoms with van der Waals surface area (Å²) in [4.78, 5) is 23.6. The molecule has 1 aliphatic carbocycles. The molecule has 1 fully saturated rings. The number of nitrogens with one attached hydrogen (secondary N) is 1. The van der Waals surface area contributed by atoms with Crippen LogP contribution in [-0.4, -0.2) is 56.4 Å². The van der Waals surface area contributed by atoms with Crippen molar-refractivity contribution >= 4 is 5.91 Å². The Kier molecular flexibility index (Phi) is 5.99. The zero-order valence-electron chi connectivity index (χ0n) is 15.1. The predicted molar refractivity (Wildman–Crippen MR) is 92.8 cm³/mol. The number of ether oxygens (including phenoxy) is 1. The average molecular weight is 412 g/mol. The van der Waals surface area contributed by atoms with Crippen LogP contribution in [0.4, 0.5) is 13.2 Å². The van der Waals surface area contributed by atoms with Gasteiger partial charge in [0.1, 0.15) is 5.69 Å². The van der Waals surface area contributed by atoms with E-state index in [0.29, 0.717) is 6.20 Å². The molecule has 2 aromatic rings. The van der Waals surface area contributed by atoms with E-state index < -0.39 is 35.3 Å². The van der Waals surface area contributed by atoms with E-state index in [2.05, 4.69) is 20.3 Å². The monoisotopic (exact) mass is 412 g/mol. The van der Waals surface area contributed by atoms with E-state index in [4.69, 9.17) is 4.74 Å². The van der Waals surface area contributed by atoms with Crippen LogP contribution in [0.2, 0.25) is 0 Å². The molecule has 11 heteroatoms. The number of hydrogen-bond donors (Lipinski definition) is 3.